The first-order valence-electron chi connectivity index (χ1n) is 5.49. The van der Waals surface area contributed by atoms with Gasteiger partial charge in [-0.2, -0.15) is 0 Å². The first-order valence-corrected chi connectivity index (χ1v) is 7.15. The first kappa shape index (κ1) is 13.9. The van der Waals surface area contributed by atoms with Crippen LogP contribution in [0.3, 0.4) is 0 Å². The molecule has 0 unspecified atom stereocenters. The lowest BCUT2D eigenvalue weighted by atomic mass is 10.4. The predicted molar refractivity (Wildman–Crippen MR) is 67.2 cm³/mol. The number of anilines is 1. The number of aromatic nitrogens is 2. The van der Waals surface area contributed by atoms with Gasteiger partial charge in [0.1, 0.15) is 0 Å². The Bertz CT molecular complexity index is 419. The summed E-state index contributed by atoms with van der Waals surface area (Å²) in [4.78, 5) is 7.64. The summed E-state index contributed by atoms with van der Waals surface area (Å²) in [5, 5.41) is 3.16. The second kappa shape index (κ2) is 6.51. The van der Waals surface area contributed by atoms with Crippen LogP contribution >= 0.6 is 0 Å². The van der Waals surface area contributed by atoms with Crippen molar-refractivity contribution in [2.24, 2.45) is 0 Å². The molecule has 0 amide bonds. The van der Waals surface area contributed by atoms with Crippen LogP contribution in [0.1, 0.15) is 20.3 Å². The van der Waals surface area contributed by atoms with E-state index < -0.39 is 10.0 Å². The summed E-state index contributed by atoms with van der Waals surface area (Å²) in [6.45, 7) is 4.72. The lowest BCUT2D eigenvalue weighted by molar-refractivity contribution is 0.571. The van der Waals surface area contributed by atoms with Crippen LogP contribution in [0.15, 0.2) is 18.6 Å². The third-order valence-electron chi connectivity index (χ3n) is 1.97. The molecular formula is C10H18N4O2S. The third-order valence-corrected chi connectivity index (χ3v) is 3.31. The lowest BCUT2D eigenvalue weighted by Gasteiger charge is -2.09. The van der Waals surface area contributed by atoms with Gasteiger partial charge in [0, 0.05) is 18.4 Å². The monoisotopic (exact) mass is 258 g/mol. The van der Waals surface area contributed by atoms with Crippen LogP contribution in [0.5, 0.6) is 0 Å². The average Bonchev–Trinajstić information content (AvgIpc) is 2.25. The van der Waals surface area contributed by atoms with Gasteiger partial charge < -0.3 is 5.32 Å². The molecule has 0 bridgehead atoms. The number of hydrogen-bond acceptors (Lipinski definition) is 5. The van der Waals surface area contributed by atoms with E-state index in [1.807, 2.05) is 13.8 Å². The maximum Gasteiger partial charge on any atom is 0.233 e. The lowest BCUT2D eigenvalue weighted by Crippen LogP contribution is -2.26. The van der Waals surface area contributed by atoms with Crippen LogP contribution in [0.4, 0.5) is 5.82 Å². The normalized spacial score (nSPS) is 11.7. The maximum atomic E-state index is 11.6. The second-order valence-corrected chi connectivity index (χ2v) is 5.82. The molecule has 2 N–H and O–H groups in total. The standard InChI is InChI=1S/C10H18N4O2S/c1-9(2)12-4-3-7-17(15,16)14-10-8-11-5-6-13-10/h5-6,8-9,12H,3-4,7H2,1-2H3,(H,13,14). The summed E-state index contributed by atoms with van der Waals surface area (Å²) in [5.74, 6) is 0.327. The highest BCUT2D eigenvalue weighted by molar-refractivity contribution is 7.92. The summed E-state index contributed by atoms with van der Waals surface area (Å²) >= 11 is 0. The fourth-order valence-corrected chi connectivity index (χ4v) is 2.27. The van der Waals surface area contributed by atoms with E-state index in [1.54, 1.807) is 0 Å². The Kier molecular flexibility index (Phi) is 5.30. The molecule has 1 aromatic heterocycles. The Morgan fingerprint density at radius 3 is 2.71 bits per heavy atom. The van der Waals surface area contributed by atoms with Crippen molar-refractivity contribution in [1.29, 1.82) is 0 Å². The van der Waals surface area contributed by atoms with Gasteiger partial charge in [-0.1, -0.05) is 13.8 Å². The highest BCUT2D eigenvalue weighted by Crippen LogP contribution is 2.02. The minimum absolute atomic E-state index is 0.0727. The second-order valence-electron chi connectivity index (χ2n) is 3.97. The number of nitrogens with one attached hydrogen (secondary N) is 2. The first-order chi connectivity index (χ1) is 7.99. The quantitative estimate of drug-likeness (QED) is 0.700. The van der Waals surface area contributed by atoms with Crippen LogP contribution in [0, 0.1) is 0 Å². The van der Waals surface area contributed by atoms with E-state index >= 15 is 0 Å². The highest BCUT2D eigenvalue weighted by atomic mass is 32.2. The zero-order valence-electron chi connectivity index (χ0n) is 10.0. The van der Waals surface area contributed by atoms with Crippen LogP contribution in [-0.2, 0) is 10.0 Å². The van der Waals surface area contributed by atoms with E-state index in [4.69, 9.17) is 0 Å². The maximum absolute atomic E-state index is 11.6. The predicted octanol–water partition coefficient (Wildman–Crippen LogP) is 0.606. The Hall–Kier alpha value is -1.21. The summed E-state index contributed by atoms with van der Waals surface area (Å²) < 4.78 is 25.7. The van der Waals surface area contributed by atoms with Crippen molar-refractivity contribution in [2.75, 3.05) is 17.0 Å². The molecule has 0 aromatic carbocycles. The van der Waals surface area contributed by atoms with E-state index in [0.29, 0.717) is 19.0 Å². The van der Waals surface area contributed by atoms with E-state index in [0.717, 1.165) is 0 Å². The molecule has 1 heterocycles. The molecule has 0 aliphatic heterocycles. The number of sulfonamides is 1. The summed E-state index contributed by atoms with van der Waals surface area (Å²) in [7, 11) is -3.33. The Balaban J connectivity index is 2.37. The SMILES string of the molecule is CC(C)NCCCS(=O)(=O)Nc1cnccn1. The van der Waals surface area contributed by atoms with Gasteiger partial charge in [-0.3, -0.25) is 9.71 Å². The Morgan fingerprint density at radius 2 is 2.12 bits per heavy atom. The number of nitrogens with zero attached hydrogens (tertiary/aromatic N) is 2. The van der Waals surface area contributed by atoms with Gasteiger partial charge in [0.25, 0.3) is 0 Å². The molecule has 7 heteroatoms. The molecular weight excluding hydrogens is 240 g/mol. The minimum atomic E-state index is -3.33. The smallest absolute Gasteiger partial charge is 0.233 e. The number of hydrogen-bond donors (Lipinski definition) is 2. The zero-order valence-corrected chi connectivity index (χ0v) is 10.9. The molecule has 0 spiro atoms. The van der Waals surface area contributed by atoms with Gasteiger partial charge in [0.15, 0.2) is 5.82 Å². The Labute approximate surface area is 102 Å². The fourth-order valence-electron chi connectivity index (χ4n) is 1.22. The molecule has 96 valence electrons. The molecule has 0 atom stereocenters. The zero-order chi connectivity index (χ0) is 12.7. The average molecular weight is 258 g/mol. The van der Waals surface area contributed by atoms with Crippen molar-refractivity contribution < 1.29 is 8.42 Å². The molecule has 0 fully saturated rings. The van der Waals surface area contributed by atoms with Crippen LogP contribution in [0.25, 0.3) is 0 Å². The molecule has 1 aromatic rings. The van der Waals surface area contributed by atoms with Crippen LogP contribution < -0.4 is 10.0 Å². The largest absolute Gasteiger partial charge is 0.314 e. The van der Waals surface area contributed by atoms with Gasteiger partial charge in [-0.25, -0.2) is 13.4 Å². The van der Waals surface area contributed by atoms with E-state index in [2.05, 4.69) is 20.0 Å². The topological polar surface area (TPSA) is 84.0 Å². The number of rotatable bonds is 7. The van der Waals surface area contributed by atoms with Crippen molar-refractivity contribution in [3.63, 3.8) is 0 Å². The van der Waals surface area contributed by atoms with Crippen LogP contribution in [0.2, 0.25) is 0 Å². The van der Waals surface area contributed by atoms with E-state index in [1.165, 1.54) is 18.6 Å². The molecule has 0 aliphatic rings. The highest BCUT2D eigenvalue weighted by Gasteiger charge is 2.10. The molecule has 17 heavy (non-hydrogen) atoms. The van der Waals surface area contributed by atoms with Crippen molar-refractivity contribution in [2.45, 2.75) is 26.3 Å². The third kappa shape index (κ3) is 6.18. The molecule has 0 radical (unpaired) electrons. The van der Waals surface area contributed by atoms with E-state index in [-0.39, 0.29) is 11.6 Å². The summed E-state index contributed by atoms with van der Waals surface area (Å²) in [6.07, 6.45) is 4.88. The fraction of sp³-hybridized carbons (Fsp3) is 0.600. The molecule has 0 saturated heterocycles. The summed E-state index contributed by atoms with van der Waals surface area (Å²) in [6, 6.07) is 0.366. The van der Waals surface area contributed by atoms with Crippen LogP contribution in [-0.4, -0.2) is 36.7 Å². The molecule has 0 saturated carbocycles. The Morgan fingerprint density at radius 1 is 1.35 bits per heavy atom. The van der Waals surface area contributed by atoms with Gasteiger partial charge in [-0.15, -0.1) is 0 Å². The van der Waals surface area contributed by atoms with Gasteiger partial charge >= 0.3 is 0 Å². The molecule has 0 aliphatic carbocycles. The summed E-state index contributed by atoms with van der Waals surface area (Å²) in [5.41, 5.74) is 0. The van der Waals surface area contributed by atoms with Crippen molar-refractivity contribution in [3.8, 4) is 0 Å². The van der Waals surface area contributed by atoms with Gasteiger partial charge in [0.05, 0.1) is 11.9 Å². The van der Waals surface area contributed by atoms with Crippen molar-refractivity contribution >= 4 is 15.8 Å². The van der Waals surface area contributed by atoms with Crippen molar-refractivity contribution in [1.82, 2.24) is 15.3 Å². The molecule has 6 nitrogen and oxygen atoms in total. The molecule has 1 rings (SSSR count). The van der Waals surface area contributed by atoms with Gasteiger partial charge in [-0.05, 0) is 13.0 Å². The van der Waals surface area contributed by atoms with Crippen molar-refractivity contribution in [3.05, 3.63) is 18.6 Å². The van der Waals surface area contributed by atoms with E-state index in [9.17, 15) is 8.42 Å². The minimum Gasteiger partial charge on any atom is -0.314 e. The van der Waals surface area contributed by atoms with Gasteiger partial charge in [0.2, 0.25) is 10.0 Å².